The number of nitrogens with zero attached hydrogens (tertiary/aromatic N) is 2. The summed E-state index contributed by atoms with van der Waals surface area (Å²) in [5.74, 6) is 0. The molecule has 0 atom stereocenters. The first-order valence-corrected chi connectivity index (χ1v) is 8.49. The Morgan fingerprint density at radius 2 is 1.80 bits per heavy atom. The van der Waals surface area contributed by atoms with E-state index < -0.39 is 0 Å². The van der Waals surface area contributed by atoms with Crippen LogP contribution in [0.2, 0.25) is 5.15 Å². The van der Waals surface area contributed by atoms with Crippen LogP contribution in [-0.2, 0) is 12.8 Å². The Labute approximate surface area is 131 Å². The summed E-state index contributed by atoms with van der Waals surface area (Å²) in [7, 11) is 0. The maximum Gasteiger partial charge on any atom is 0.188 e. The van der Waals surface area contributed by atoms with Gasteiger partial charge in [0.1, 0.15) is 5.15 Å². The standard InChI is InChI=1S/C14H15ClN2S.C2H6/c1-18-14-16-10-12(13(15)17-14)9-5-8-11-6-3-2-4-7-11;1-2/h2-4,6-7,10H,5,8-9H2,1H3;1-2H3. The highest BCUT2D eigenvalue weighted by molar-refractivity contribution is 7.98. The van der Waals surface area contributed by atoms with Gasteiger partial charge in [-0.25, -0.2) is 9.97 Å². The molecule has 0 saturated carbocycles. The second-order valence-corrected chi connectivity index (χ2v) is 5.14. The molecule has 0 unspecified atom stereocenters. The first kappa shape index (κ1) is 17.0. The molecule has 0 spiro atoms. The van der Waals surface area contributed by atoms with Gasteiger partial charge in [-0.2, -0.15) is 0 Å². The van der Waals surface area contributed by atoms with Crippen molar-refractivity contribution in [2.24, 2.45) is 0 Å². The molecule has 20 heavy (non-hydrogen) atoms. The molecule has 108 valence electrons. The van der Waals surface area contributed by atoms with Gasteiger partial charge in [0, 0.05) is 11.8 Å². The predicted octanol–water partition coefficient (Wildman–Crippen LogP) is 5.05. The molecular formula is C16H21ClN2S. The lowest BCUT2D eigenvalue weighted by Crippen LogP contribution is -1.95. The highest BCUT2D eigenvalue weighted by Gasteiger charge is 2.04. The molecule has 0 aliphatic carbocycles. The predicted molar refractivity (Wildman–Crippen MR) is 88.6 cm³/mol. The summed E-state index contributed by atoms with van der Waals surface area (Å²) in [5, 5.41) is 1.31. The van der Waals surface area contributed by atoms with Gasteiger partial charge < -0.3 is 0 Å². The van der Waals surface area contributed by atoms with Crippen LogP contribution in [0.25, 0.3) is 0 Å². The maximum atomic E-state index is 6.13. The van der Waals surface area contributed by atoms with Gasteiger partial charge in [-0.05, 0) is 31.1 Å². The number of benzene rings is 1. The first-order chi connectivity index (χ1) is 9.79. The molecule has 1 aromatic heterocycles. The van der Waals surface area contributed by atoms with E-state index in [0.29, 0.717) is 5.15 Å². The molecule has 2 aromatic rings. The van der Waals surface area contributed by atoms with Crippen LogP contribution in [0.5, 0.6) is 0 Å². The number of rotatable bonds is 5. The van der Waals surface area contributed by atoms with Gasteiger partial charge in [-0.1, -0.05) is 67.5 Å². The Morgan fingerprint density at radius 3 is 2.40 bits per heavy atom. The van der Waals surface area contributed by atoms with E-state index in [4.69, 9.17) is 11.6 Å². The number of aromatic nitrogens is 2. The Bertz CT molecular complexity index is 503. The molecule has 0 aliphatic heterocycles. The van der Waals surface area contributed by atoms with E-state index in [1.54, 1.807) is 0 Å². The van der Waals surface area contributed by atoms with E-state index in [0.717, 1.165) is 30.0 Å². The molecule has 1 heterocycles. The quantitative estimate of drug-likeness (QED) is 0.439. The molecule has 0 saturated heterocycles. The summed E-state index contributed by atoms with van der Waals surface area (Å²) >= 11 is 7.63. The van der Waals surface area contributed by atoms with Gasteiger partial charge in [0.05, 0.1) is 0 Å². The van der Waals surface area contributed by atoms with Gasteiger partial charge in [0.25, 0.3) is 0 Å². The Morgan fingerprint density at radius 1 is 1.10 bits per heavy atom. The minimum Gasteiger partial charge on any atom is -0.231 e. The van der Waals surface area contributed by atoms with Gasteiger partial charge in [-0.3, -0.25) is 0 Å². The van der Waals surface area contributed by atoms with Crippen molar-refractivity contribution >= 4 is 23.4 Å². The van der Waals surface area contributed by atoms with Crippen LogP contribution < -0.4 is 0 Å². The van der Waals surface area contributed by atoms with Crippen LogP contribution in [0.1, 0.15) is 31.4 Å². The summed E-state index contributed by atoms with van der Waals surface area (Å²) < 4.78 is 0. The zero-order valence-corrected chi connectivity index (χ0v) is 13.8. The summed E-state index contributed by atoms with van der Waals surface area (Å²) in [6.07, 6.45) is 6.82. The van der Waals surface area contributed by atoms with E-state index in [-0.39, 0.29) is 0 Å². The monoisotopic (exact) mass is 308 g/mol. The molecule has 0 aliphatic rings. The van der Waals surface area contributed by atoms with E-state index >= 15 is 0 Å². The number of thioether (sulfide) groups is 1. The van der Waals surface area contributed by atoms with Crippen molar-refractivity contribution in [2.45, 2.75) is 38.3 Å². The molecule has 0 fully saturated rings. The van der Waals surface area contributed by atoms with Crippen LogP contribution >= 0.6 is 23.4 Å². The first-order valence-electron chi connectivity index (χ1n) is 6.89. The molecule has 0 radical (unpaired) electrons. The minimum atomic E-state index is 0.586. The summed E-state index contributed by atoms with van der Waals surface area (Å²) in [6, 6.07) is 10.5. The van der Waals surface area contributed by atoms with Crippen molar-refractivity contribution in [1.29, 1.82) is 0 Å². The smallest absolute Gasteiger partial charge is 0.188 e. The lowest BCUT2D eigenvalue weighted by Gasteiger charge is -2.04. The number of hydrogen-bond donors (Lipinski definition) is 0. The van der Waals surface area contributed by atoms with Crippen molar-refractivity contribution in [1.82, 2.24) is 9.97 Å². The SMILES string of the molecule is CC.CSc1ncc(CCCc2ccccc2)c(Cl)n1. The van der Waals surface area contributed by atoms with E-state index in [2.05, 4.69) is 34.2 Å². The second kappa shape index (κ2) is 9.78. The largest absolute Gasteiger partial charge is 0.231 e. The lowest BCUT2D eigenvalue weighted by molar-refractivity contribution is 0.801. The molecule has 4 heteroatoms. The highest BCUT2D eigenvalue weighted by Crippen LogP contribution is 2.18. The van der Waals surface area contributed by atoms with E-state index in [1.807, 2.05) is 32.4 Å². The van der Waals surface area contributed by atoms with Gasteiger partial charge in [-0.15, -0.1) is 0 Å². The van der Waals surface area contributed by atoms with Crippen LogP contribution in [0.15, 0.2) is 41.7 Å². The summed E-state index contributed by atoms with van der Waals surface area (Å²) in [4.78, 5) is 8.49. The molecule has 0 N–H and O–H groups in total. The lowest BCUT2D eigenvalue weighted by atomic mass is 10.1. The van der Waals surface area contributed by atoms with Gasteiger partial charge >= 0.3 is 0 Å². The van der Waals surface area contributed by atoms with Crippen molar-refractivity contribution in [3.63, 3.8) is 0 Å². The molecule has 0 amide bonds. The third kappa shape index (κ3) is 5.51. The third-order valence-electron chi connectivity index (χ3n) is 2.73. The Balaban J connectivity index is 0.000000956. The Kier molecular flexibility index (Phi) is 8.31. The second-order valence-electron chi connectivity index (χ2n) is 4.01. The van der Waals surface area contributed by atoms with Crippen LogP contribution in [-0.4, -0.2) is 16.2 Å². The van der Waals surface area contributed by atoms with Crippen molar-refractivity contribution in [3.8, 4) is 0 Å². The average Bonchev–Trinajstić information content (AvgIpc) is 2.52. The van der Waals surface area contributed by atoms with Crippen molar-refractivity contribution < 1.29 is 0 Å². The number of aryl methyl sites for hydroxylation is 2. The normalized spacial score (nSPS) is 9.80. The summed E-state index contributed by atoms with van der Waals surface area (Å²) in [5.41, 5.74) is 2.39. The molecule has 0 bridgehead atoms. The molecule has 1 aromatic carbocycles. The Hall–Kier alpha value is -1.06. The van der Waals surface area contributed by atoms with Crippen LogP contribution in [0.3, 0.4) is 0 Å². The topological polar surface area (TPSA) is 25.8 Å². The fourth-order valence-corrected chi connectivity index (χ4v) is 2.38. The third-order valence-corrected chi connectivity index (χ3v) is 3.62. The zero-order chi connectivity index (χ0) is 14.8. The zero-order valence-electron chi connectivity index (χ0n) is 12.3. The molecule has 2 rings (SSSR count). The molecular weight excluding hydrogens is 288 g/mol. The van der Waals surface area contributed by atoms with Gasteiger partial charge in [0.15, 0.2) is 5.16 Å². The number of hydrogen-bond acceptors (Lipinski definition) is 3. The van der Waals surface area contributed by atoms with E-state index in [1.165, 1.54) is 17.3 Å². The van der Waals surface area contributed by atoms with Gasteiger partial charge in [0.2, 0.25) is 0 Å². The van der Waals surface area contributed by atoms with Crippen LogP contribution in [0.4, 0.5) is 0 Å². The van der Waals surface area contributed by atoms with Crippen molar-refractivity contribution in [2.75, 3.05) is 6.26 Å². The summed E-state index contributed by atoms with van der Waals surface area (Å²) in [6.45, 7) is 4.00. The molecule has 2 nitrogen and oxygen atoms in total. The number of halogens is 1. The average molecular weight is 309 g/mol. The van der Waals surface area contributed by atoms with E-state index in [9.17, 15) is 0 Å². The fourth-order valence-electron chi connectivity index (χ4n) is 1.76. The highest BCUT2D eigenvalue weighted by atomic mass is 35.5. The van der Waals surface area contributed by atoms with Crippen LogP contribution in [0, 0.1) is 0 Å². The maximum absolute atomic E-state index is 6.13. The van der Waals surface area contributed by atoms with Crippen molar-refractivity contribution in [3.05, 3.63) is 52.8 Å². The fraction of sp³-hybridized carbons (Fsp3) is 0.375. The minimum absolute atomic E-state index is 0.586.